The molecular weight excluding hydrogens is 202 g/mol. The Morgan fingerprint density at radius 1 is 1.27 bits per heavy atom. The van der Waals surface area contributed by atoms with Crippen LogP contribution in [0.15, 0.2) is 16.7 Å². The summed E-state index contributed by atoms with van der Waals surface area (Å²) in [7, 11) is 0. The van der Waals surface area contributed by atoms with E-state index in [9.17, 15) is 0 Å². The zero-order valence-electron chi connectivity index (χ0n) is 7.48. The van der Waals surface area contributed by atoms with Crippen molar-refractivity contribution in [2.24, 2.45) is 0 Å². The zero-order valence-corrected chi connectivity index (χ0v) is 9.07. The van der Waals surface area contributed by atoms with Gasteiger partial charge in [-0.25, -0.2) is 0 Å². The van der Waals surface area contributed by atoms with Crippen molar-refractivity contribution in [3.05, 3.63) is 28.0 Å². The van der Waals surface area contributed by atoms with Crippen molar-refractivity contribution in [1.82, 2.24) is 4.98 Å². The number of nitrogens with zero attached hydrogens (tertiary/aromatic N) is 1. The highest BCUT2D eigenvalue weighted by atomic mass is 79.9. The van der Waals surface area contributed by atoms with Gasteiger partial charge in [-0.15, -0.1) is 0 Å². The molecule has 0 amide bonds. The van der Waals surface area contributed by atoms with Gasteiger partial charge >= 0.3 is 0 Å². The van der Waals surface area contributed by atoms with Crippen LogP contribution >= 0.6 is 15.9 Å². The molecule has 1 aromatic rings. The van der Waals surface area contributed by atoms with E-state index in [1.807, 2.05) is 33.0 Å². The van der Waals surface area contributed by atoms with Crippen LogP contribution in [0.5, 0.6) is 0 Å². The largest absolute Gasteiger partial charge is 0.260 e. The lowest BCUT2D eigenvalue weighted by molar-refractivity contribution is 1.16. The van der Waals surface area contributed by atoms with Crippen LogP contribution in [-0.4, -0.2) is 4.98 Å². The first-order valence-electron chi connectivity index (χ1n) is 3.79. The predicted molar refractivity (Wildman–Crippen MR) is 52.8 cm³/mol. The molecular formula is C9H14BrN. The SMILES string of the molecule is CC.Cc1cc(C)c(Br)cn1. The third-order valence-corrected chi connectivity index (χ3v) is 2.01. The second-order valence-electron chi connectivity index (χ2n) is 2.07. The summed E-state index contributed by atoms with van der Waals surface area (Å²) in [4.78, 5) is 4.09. The number of aryl methyl sites for hydroxylation is 2. The molecule has 0 saturated carbocycles. The Balaban J connectivity index is 0.000000461. The van der Waals surface area contributed by atoms with Gasteiger partial charge in [-0.3, -0.25) is 4.98 Å². The minimum Gasteiger partial charge on any atom is -0.260 e. The van der Waals surface area contributed by atoms with Crippen LogP contribution < -0.4 is 0 Å². The molecule has 0 aliphatic carbocycles. The third-order valence-electron chi connectivity index (χ3n) is 1.18. The molecule has 0 aliphatic heterocycles. The second-order valence-corrected chi connectivity index (χ2v) is 2.93. The molecule has 0 unspecified atom stereocenters. The van der Waals surface area contributed by atoms with Crippen molar-refractivity contribution >= 4 is 15.9 Å². The van der Waals surface area contributed by atoms with E-state index in [4.69, 9.17) is 0 Å². The van der Waals surface area contributed by atoms with Crippen LogP contribution in [-0.2, 0) is 0 Å². The molecule has 0 radical (unpaired) electrons. The lowest BCUT2D eigenvalue weighted by Gasteiger charge is -1.95. The highest BCUT2D eigenvalue weighted by Crippen LogP contribution is 2.13. The molecule has 2 heteroatoms. The van der Waals surface area contributed by atoms with E-state index in [0.29, 0.717) is 0 Å². The van der Waals surface area contributed by atoms with Gasteiger partial charge in [0.1, 0.15) is 0 Å². The molecule has 0 bridgehead atoms. The molecule has 0 spiro atoms. The van der Waals surface area contributed by atoms with Crippen LogP contribution in [0.1, 0.15) is 25.1 Å². The fraction of sp³-hybridized carbons (Fsp3) is 0.444. The summed E-state index contributed by atoms with van der Waals surface area (Å²) >= 11 is 3.37. The summed E-state index contributed by atoms with van der Waals surface area (Å²) in [6.07, 6.45) is 1.82. The summed E-state index contributed by atoms with van der Waals surface area (Å²) < 4.78 is 1.08. The van der Waals surface area contributed by atoms with E-state index < -0.39 is 0 Å². The lowest BCUT2D eigenvalue weighted by Crippen LogP contribution is -1.82. The first-order valence-corrected chi connectivity index (χ1v) is 4.58. The molecule has 0 fully saturated rings. The third kappa shape index (κ3) is 3.51. The van der Waals surface area contributed by atoms with Crippen LogP contribution in [0, 0.1) is 13.8 Å². The topological polar surface area (TPSA) is 12.9 Å². The van der Waals surface area contributed by atoms with E-state index in [0.717, 1.165) is 10.2 Å². The van der Waals surface area contributed by atoms with Crippen LogP contribution in [0.3, 0.4) is 0 Å². The molecule has 0 N–H and O–H groups in total. The van der Waals surface area contributed by atoms with Crippen molar-refractivity contribution in [3.63, 3.8) is 0 Å². The molecule has 1 heterocycles. The molecule has 1 rings (SSSR count). The van der Waals surface area contributed by atoms with E-state index >= 15 is 0 Å². The van der Waals surface area contributed by atoms with Crippen molar-refractivity contribution in [1.29, 1.82) is 0 Å². The van der Waals surface area contributed by atoms with E-state index in [1.165, 1.54) is 5.56 Å². The fourth-order valence-corrected chi connectivity index (χ4v) is 0.897. The first-order chi connectivity index (χ1) is 5.20. The molecule has 11 heavy (non-hydrogen) atoms. The molecule has 0 saturated heterocycles. The number of rotatable bonds is 0. The molecule has 0 atom stereocenters. The van der Waals surface area contributed by atoms with E-state index in [-0.39, 0.29) is 0 Å². The Hall–Kier alpha value is -0.370. The average Bonchev–Trinajstić information content (AvgIpc) is 2.02. The highest BCUT2D eigenvalue weighted by molar-refractivity contribution is 9.10. The minimum absolute atomic E-state index is 1.07. The van der Waals surface area contributed by atoms with Gasteiger partial charge in [0, 0.05) is 16.4 Å². The molecule has 1 aromatic heterocycles. The number of hydrogen-bond donors (Lipinski definition) is 0. The van der Waals surface area contributed by atoms with E-state index in [2.05, 4.69) is 27.8 Å². The van der Waals surface area contributed by atoms with Crippen molar-refractivity contribution in [2.45, 2.75) is 27.7 Å². The maximum Gasteiger partial charge on any atom is 0.0416 e. The van der Waals surface area contributed by atoms with Crippen LogP contribution in [0.4, 0.5) is 0 Å². The Morgan fingerprint density at radius 3 is 2.18 bits per heavy atom. The van der Waals surface area contributed by atoms with Gasteiger partial charge in [-0.05, 0) is 41.4 Å². The number of hydrogen-bond acceptors (Lipinski definition) is 1. The van der Waals surface area contributed by atoms with Gasteiger partial charge in [-0.2, -0.15) is 0 Å². The summed E-state index contributed by atoms with van der Waals surface area (Å²) in [6.45, 7) is 8.04. The summed E-state index contributed by atoms with van der Waals surface area (Å²) in [5, 5.41) is 0. The summed E-state index contributed by atoms with van der Waals surface area (Å²) in [5.74, 6) is 0. The van der Waals surface area contributed by atoms with Crippen molar-refractivity contribution in [3.8, 4) is 0 Å². The standard InChI is InChI=1S/C7H8BrN.C2H6/c1-5-3-6(2)9-4-7(5)8;1-2/h3-4H,1-2H3;1-2H3. The fourth-order valence-electron chi connectivity index (χ4n) is 0.680. The monoisotopic (exact) mass is 215 g/mol. The highest BCUT2D eigenvalue weighted by Gasteiger charge is 1.92. The number of halogens is 1. The van der Waals surface area contributed by atoms with Crippen LogP contribution in [0.2, 0.25) is 0 Å². The normalized spacial score (nSPS) is 8.45. The quantitative estimate of drug-likeness (QED) is 0.646. The van der Waals surface area contributed by atoms with Gasteiger partial charge in [0.05, 0.1) is 0 Å². The summed E-state index contributed by atoms with van der Waals surface area (Å²) in [5.41, 5.74) is 2.30. The molecule has 0 aromatic carbocycles. The Bertz CT molecular complexity index is 221. The maximum absolute atomic E-state index is 4.09. The van der Waals surface area contributed by atoms with Crippen molar-refractivity contribution in [2.75, 3.05) is 0 Å². The van der Waals surface area contributed by atoms with Gasteiger partial charge in [0.15, 0.2) is 0 Å². The predicted octanol–water partition coefficient (Wildman–Crippen LogP) is 3.49. The number of pyridine rings is 1. The minimum atomic E-state index is 1.07. The Morgan fingerprint density at radius 2 is 1.82 bits per heavy atom. The maximum atomic E-state index is 4.09. The van der Waals surface area contributed by atoms with Gasteiger partial charge in [0.2, 0.25) is 0 Å². The summed E-state index contributed by atoms with van der Waals surface area (Å²) in [6, 6.07) is 2.05. The second kappa shape index (κ2) is 5.30. The smallest absolute Gasteiger partial charge is 0.0416 e. The first kappa shape index (κ1) is 10.6. The van der Waals surface area contributed by atoms with E-state index in [1.54, 1.807) is 0 Å². The molecule has 0 aliphatic rings. The lowest BCUT2D eigenvalue weighted by atomic mass is 10.3. The van der Waals surface area contributed by atoms with Crippen LogP contribution in [0.25, 0.3) is 0 Å². The zero-order chi connectivity index (χ0) is 8.85. The average molecular weight is 216 g/mol. The van der Waals surface area contributed by atoms with Gasteiger partial charge in [0.25, 0.3) is 0 Å². The number of aromatic nitrogens is 1. The Kier molecular flexibility index (Phi) is 5.12. The van der Waals surface area contributed by atoms with Gasteiger partial charge in [-0.1, -0.05) is 13.8 Å². The molecule has 62 valence electrons. The van der Waals surface area contributed by atoms with Gasteiger partial charge < -0.3 is 0 Å². The molecule has 1 nitrogen and oxygen atoms in total. The van der Waals surface area contributed by atoms with Crippen molar-refractivity contribution < 1.29 is 0 Å². The Labute approximate surface area is 77.0 Å².